The minimum atomic E-state index is -0.109. The predicted molar refractivity (Wildman–Crippen MR) is 106 cm³/mol. The van der Waals surface area contributed by atoms with Crippen LogP contribution < -0.4 is 9.47 Å². The van der Waals surface area contributed by atoms with Gasteiger partial charge in [0.1, 0.15) is 0 Å². The van der Waals surface area contributed by atoms with Crippen molar-refractivity contribution >= 4 is 11.9 Å². The highest BCUT2D eigenvalue weighted by atomic mass is 16.5. The molecule has 0 amide bonds. The van der Waals surface area contributed by atoms with E-state index in [0.29, 0.717) is 17.1 Å². The second-order valence-electron chi connectivity index (χ2n) is 6.10. The van der Waals surface area contributed by atoms with E-state index >= 15 is 0 Å². The minimum Gasteiger partial charge on any atom is -0.493 e. The minimum absolute atomic E-state index is 0.109. The topological polar surface area (TPSA) is 53.3 Å². The Morgan fingerprint density at radius 2 is 1.70 bits per heavy atom. The highest BCUT2D eigenvalue weighted by Crippen LogP contribution is 2.28. The summed E-state index contributed by atoms with van der Waals surface area (Å²) >= 11 is 0. The zero-order valence-electron chi connectivity index (χ0n) is 15.9. The lowest BCUT2D eigenvalue weighted by atomic mass is 10.1. The van der Waals surface area contributed by atoms with Gasteiger partial charge in [0.15, 0.2) is 17.3 Å². The molecule has 27 heavy (non-hydrogen) atoms. The van der Waals surface area contributed by atoms with E-state index in [2.05, 4.69) is 5.10 Å². The van der Waals surface area contributed by atoms with Crippen molar-refractivity contribution in [3.63, 3.8) is 0 Å². The molecule has 0 spiro atoms. The fourth-order valence-electron chi connectivity index (χ4n) is 2.96. The van der Waals surface area contributed by atoms with Crippen LogP contribution in [-0.4, -0.2) is 29.8 Å². The maximum Gasteiger partial charge on any atom is 0.185 e. The Labute approximate surface area is 158 Å². The summed E-state index contributed by atoms with van der Waals surface area (Å²) in [6.07, 6.45) is 3.38. The molecule has 3 rings (SSSR count). The van der Waals surface area contributed by atoms with Gasteiger partial charge in [-0.15, -0.1) is 0 Å². The van der Waals surface area contributed by atoms with Gasteiger partial charge in [-0.25, -0.2) is 4.68 Å². The van der Waals surface area contributed by atoms with E-state index in [4.69, 9.17) is 9.47 Å². The normalized spacial score (nSPS) is 11.0. The zero-order chi connectivity index (χ0) is 19.4. The average molecular weight is 362 g/mol. The third-order valence-electron chi connectivity index (χ3n) is 4.42. The molecule has 1 aromatic heterocycles. The fraction of sp³-hybridized carbons (Fsp3) is 0.182. The third kappa shape index (κ3) is 3.77. The van der Waals surface area contributed by atoms with E-state index in [-0.39, 0.29) is 5.78 Å². The van der Waals surface area contributed by atoms with Gasteiger partial charge in [0.05, 0.1) is 25.6 Å². The summed E-state index contributed by atoms with van der Waals surface area (Å²) in [6, 6.07) is 15.1. The number of hydrogen-bond acceptors (Lipinski definition) is 4. The quantitative estimate of drug-likeness (QED) is 0.482. The Hall–Kier alpha value is -3.34. The number of nitrogens with zero attached hydrogens (tertiary/aromatic N) is 2. The number of carbonyl (C=O) groups excluding carboxylic acids is 1. The van der Waals surface area contributed by atoms with Crippen LogP contribution in [0.5, 0.6) is 11.5 Å². The van der Waals surface area contributed by atoms with E-state index in [9.17, 15) is 4.79 Å². The number of ketones is 1. The monoisotopic (exact) mass is 362 g/mol. The summed E-state index contributed by atoms with van der Waals surface area (Å²) in [5, 5.41) is 4.60. The SMILES string of the molecule is COc1ccc(C(=O)C=Cc2c(C)nn(-c3ccccc3)c2C)cc1OC. The molecule has 5 nitrogen and oxygen atoms in total. The summed E-state index contributed by atoms with van der Waals surface area (Å²) in [6.45, 7) is 3.93. The molecule has 0 aliphatic carbocycles. The van der Waals surface area contributed by atoms with Crippen LogP contribution in [0, 0.1) is 13.8 Å². The van der Waals surface area contributed by atoms with Crippen LogP contribution in [-0.2, 0) is 0 Å². The number of ether oxygens (including phenoxy) is 2. The summed E-state index contributed by atoms with van der Waals surface area (Å²) < 4.78 is 12.4. The predicted octanol–water partition coefficient (Wildman–Crippen LogP) is 4.40. The Balaban J connectivity index is 1.88. The zero-order valence-corrected chi connectivity index (χ0v) is 15.9. The molecule has 0 saturated carbocycles. The fourth-order valence-corrected chi connectivity index (χ4v) is 2.96. The molecule has 1 heterocycles. The Morgan fingerprint density at radius 1 is 1.00 bits per heavy atom. The maximum absolute atomic E-state index is 12.6. The van der Waals surface area contributed by atoms with Crippen LogP contribution >= 0.6 is 0 Å². The lowest BCUT2D eigenvalue weighted by molar-refractivity contribution is 0.104. The third-order valence-corrected chi connectivity index (χ3v) is 4.42. The first kappa shape index (κ1) is 18.5. The van der Waals surface area contributed by atoms with Crippen LogP contribution in [0.4, 0.5) is 0 Å². The van der Waals surface area contributed by atoms with Crippen molar-refractivity contribution in [1.82, 2.24) is 9.78 Å². The molecular weight excluding hydrogens is 340 g/mol. The standard InChI is InChI=1S/C22H22N2O3/c1-15-19(16(2)24(23-15)18-8-6-5-7-9-18)11-12-20(25)17-10-13-21(26-3)22(14-17)27-4/h5-14H,1-4H3. The van der Waals surface area contributed by atoms with Crippen molar-refractivity contribution in [3.05, 3.63) is 77.1 Å². The van der Waals surface area contributed by atoms with Crippen molar-refractivity contribution in [3.8, 4) is 17.2 Å². The van der Waals surface area contributed by atoms with Crippen molar-refractivity contribution in [2.75, 3.05) is 14.2 Å². The second-order valence-corrected chi connectivity index (χ2v) is 6.10. The molecule has 0 saturated heterocycles. The second kappa shape index (κ2) is 7.91. The smallest absolute Gasteiger partial charge is 0.185 e. The molecule has 0 aliphatic rings. The van der Waals surface area contributed by atoms with Crippen LogP contribution in [0.25, 0.3) is 11.8 Å². The molecule has 0 atom stereocenters. The average Bonchev–Trinajstić information content (AvgIpc) is 2.99. The summed E-state index contributed by atoms with van der Waals surface area (Å²) in [7, 11) is 3.11. The molecule has 0 bridgehead atoms. The van der Waals surface area contributed by atoms with E-state index < -0.39 is 0 Å². The van der Waals surface area contributed by atoms with Crippen LogP contribution in [0.2, 0.25) is 0 Å². The van der Waals surface area contributed by atoms with Gasteiger partial charge < -0.3 is 9.47 Å². The van der Waals surface area contributed by atoms with Crippen LogP contribution in [0.15, 0.2) is 54.6 Å². The Bertz CT molecular complexity index is 988. The lowest BCUT2D eigenvalue weighted by Crippen LogP contribution is -1.99. The molecule has 0 unspecified atom stereocenters. The molecule has 0 N–H and O–H groups in total. The molecular formula is C22H22N2O3. The number of methoxy groups -OCH3 is 2. The number of para-hydroxylation sites is 1. The van der Waals surface area contributed by atoms with E-state index in [1.807, 2.05) is 54.9 Å². The van der Waals surface area contributed by atoms with Gasteiger partial charge >= 0.3 is 0 Å². The number of aryl methyl sites for hydroxylation is 1. The number of carbonyl (C=O) groups is 1. The van der Waals surface area contributed by atoms with Crippen molar-refractivity contribution in [1.29, 1.82) is 0 Å². The summed E-state index contributed by atoms with van der Waals surface area (Å²) in [5.41, 5.74) is 4.31. The number of aromatic nitrogens is 2. The molecule has 0 aliphatic heterocycles. The van der Waals surface area contributed by atoms with Gasteiger partial charge in [0, 0.05) is 16.8 Å². The number of allylic oxidation sites excluding steroid dienone is 1. The van der Waals surface area contributed by atoms with E-state index in [1.54, 1.807) is 38.5 Å². The molecule has 0 fully saturated rings. The molecule has 3 aromatic rings. The van der Waals surface area contributed by atoms with E-state index in [0.717, 1.165) is 22.6 Å². The maximum atomic E-state index is 12.6. The first-order valence-corrected chi connectivity index (χ1v) is 8.61. The Morgan fingerprint density at radius 3 is 2.37 bits per heavy atom. The van der Waals surface area contributed by atoms with Crippen molar-refractivity contribution < 1.29 is 14.3 Å². The molecule has 0 radical (unpaired) electrons. The van der Waals surface area contributed by atoms with Crippen LogP contribution in [0.1, 0.15) is 27.3 Å². The number of rotatable bonds is 6. The lowest BCUT2D eigenvalue weighted by Gasteiger charge is -2.08. The van der Waals surface area contributed by atoms with Gasteiger partial charge in [-0.1, -0.05) is 18.2 Å². The first-order chi connectivity index (χ1) is 13.0. The van der Waals surface area contributed by atoms with Crippen LogP contribution in [0.3, 0.4) is 0 Å². The van der Waals surface area contributed by atoms with Gasteiger partial charge in [0.2, 0.25) is 0 Å². The first-order valence-electron chi connectivity index (χ1n) is 8.61. The van der Waals surface area contributed by atoms with Gasteiger partial charge in [-0.2, -0.15) is 5.10 Å². The van der Waals surface area contributed by atoms with Gasteiger partial charge in [-0.05, 0) is 56.3 Å². The summed E-state index contributed by atoms with van der Waals surface area (Å²) in [5.74, 6) is 1.01. The summed E-state index contributed by atoms with van der Waals surface area (Å²) in [4.78, 5) is 12.6. The van der Waals surface area contributed by atoms with Gasteiger partial charge in [-0.3, -0.25) is 4.79 Å². The molecule has 138 valence electrons. The number of benzene rings is 2. The van der Waals surface area contributed by atoms with E-state index in [1.165, 1.54) is 0 Å². The van der Waals surface area contributed by atoms with Gasteiger partial charge in [0.25, 0.3) is 0 Å². The number of hydrogen-bond donors (Lipinski definition) is 0. The Kier molecular flexibility index (Phi) is 5.41. The molecule has 5 heteroatoms. The largest absolute Gasteiger partial charge is 0.493 e. The van der Waals surface area contributed by atoms with Crippen molar-refractivity contribution in [2.24, 2.45) is 0 Å². The van der Waals surface area contributed by atoms with Crippen molar-refractivity contribution in [2.45, 2.75) is 13.8 Å². The molecule has 2 aromatic carbocycles. The highest BCUT2D eigenvalue weighted by molar-refractivity contribution is 6.07. The highest BCUT2D eigenvalue weighted by Gasteiger charge is 2.12.